The van der Waals surface area contributed by atoms with Crippen LogP contribution >= 0.6 is 0 Å². The van der Waals surface area contributed by atoms with Crippen LogP contribution in [0.1, 0.15) is 20.3 Å². The summed E-state index contributed by atoms with van der Waals surface area (Å²) < 4.78 is 0. The maximum Gasteiger partial charge on any atom is 0.0585 e. The van der Waals surface area contributed by atoms with E-state index in [0.29, 0.717) is 6.04 Å². The molecule has 74 valence electrons. The van der Waals surface area contributed by atoms with Crippen molar-refractivity contribution in [3.05, 3.63) is 0 Å². The molecule has 0 aromatic heterocycles. The molecule has 0 spiro atoms. The smallest absolute Gasteiger partial charge is 0.0585 e. The van der Waals surface area contributed by atoms with Crippen molar-refractivity contribution in [2.24, 2.45) is 0 Å². The summed E-state index contributed by atoms with van der Waals surface area (Å²) in [5.74, 6) is 0. The van der Waals surface area contributed by atoms with Crippen LogP contribution in [-0.2, 0) is 0 Å². The summed E-state index contributed by atoms with van der Waals surface area (Å²) in [4.78, 5) is 2.28. The average molecular weight is 174 g/mol. The number of nitrogens with zero attached hydrogens (tertiary/aromatic N) is 1. The monoisotopic (exact) mass is 174 g/mol. The van der Waals surface area contributed by atoms with E-state index in [1.165, 1.54) is 0 Å². The number of aliphatic hydroxyl groups excluding tert-OH is 1. The Morgan fingerprint density at radius 1 is 1.42 bits per heavy atom. The van der Waals surface area contributed by atoms with E-state index in [-0.39, 0.29) is 6.61 Å². The van der Waals surface area contributed by atoms with Crippen molar-refractivity contribution < 1.29 is 5.11 Å². The van der Waals surface area contributed by atoms with Gasteiger partial charge in [0.1, 0.15) is 0 Å². The molecule has 1 aliphatic rings. The fourth-order valence-electron chi connectivity index (χ4n) is 1.21. The molecule has 3 heteroatoms. The van der Waals surface area contributed by atoms with Crippen LogP contribution in [0.15, 0.2) is 0 Å². The van der Waals surface area contributed by atoms with Crippen LogP contribution in [0.5, 0.6) is 0 Å². The van der Waals surface area contributed by atoms with Crippen LogP contribution in [-0.4, -0.2) is 49.3 Å². The summed E-state index contributed by atoms with van der Waals surface area (Å²) in [6.07, 6.45) is 1.06. The zero-order valence-corrected chi connectivity index (χ0v) is 8.51. The first-order chi connectivity index (χ1) is 5.83. The first-order valence-electron chi connectivity index (χ1n) is 4.85. The second-order valence-corrected chi connectivity index (χ2v) is 2.93. The predicted octanol–water partition coefficient (Wildman–Crippen LogP) is 0.299. The van der Waals surface area contributed by atoms with Crippen LogP contribution in [0.25, 0.3) is 0 Å². The maximum absolute atomic E-state index is 8.82. The lowest BCUT2D eigenvalue weighted by atomic mass is 10.2. The summed E-state index contributed by atoms with van der Waals surface area (Å²) in [7, 11) is 2.11. The maximum atomic E-state index is 8.82. The molecule has 3 nitrogen and oxygen atoms in total. The van der Waals surface area contributed by atoms with Crippen LogP contribution in [0, 0.1) is 0 Å². The zero-order valence-electron chi connectivity index (χ0n) is 8.51. The standard InChI is InChI=1S/C7H16N2O.C2H6/c1-9-4-2-7(6-10)8-3-5-9;1-2/h7-8,10H,2-6H2,1H3;1-2H3. The predicted molar refractivity (Wildman–Crippen MR) is 52.3 cm³/mol. The SMILES string of the molecule is CC.CN1CCNC(CO)CC1. The third-order valence-corrected chi connectivity index (χ3v) is 2.01. The molecule has 0 amide bonds. The summed E-state index contributed by atoms with van der Waals surface area (Å²) in [5.41, 5.74) is 0. The van der Waals surface area contributed by atoms with Gasteiger partial charge in [0.15, 0.2) is 0 Å². The minimum Gasteiger partial charge on any atom is -0.395 e. The lowest BCUT2D eigenvalue weighted by Crippen LogP contribution is -2.32. The van der Waals surface area contributed by atoms with Gasteiger partial charge in [-0.3, -0.25) is 0 Å². The van der Waals surface area contributed by atoms with Gasteiger partial charge in [-0.15, -0.1) is 0 Å². The Morgan fingerprint density at radius 2 is 2.08 bits per heavy atom. The molecular weight excluding hydrogens is 152 g/mol. The number of aliphatic hydroxyl groups is 1. The number of likely N-dealkylation sites (N-methyl/N-ethyl adjacent to an activating group) is 1. The Labute approximate surface area is 75.8 Å². The molecule has 0 aliphatic carbocycles. The highest BCUT2D eigenvalue weighted by Crippen LogP contribution is 1.97. The van der Waals surface area contributed by atoms with Gasteiger partial charge in [0, 0.05) is 19.1 Å². The highest BCUT2D eigenvalue weighted by atomic mass is 16.3. The first kappa shape index (κ1) is 11.9. The second-order valence-electron chi connectivity index (χ2n) is 2.93. The molecule has 0 radical (unpaired) electrons. The molecule has 0 saturated carbocycles. The van der Waals surface area contributed by atoms with Crippen molar-refractivity contribution in [3.8, 4) is 0 Å². The lowest BCUT2D eigenvalue weighted by Gasteiger charge is -2.11. The van der Waals surface area contributed by atoms with Gasteiger partial charge in [0.2, 0.25) is 0 Å². The fraction of sp³-hybridized carbons (Fsp3) is 1.00. The van der Waals surface area contributed by atoms with Crippen molar-refractivity contribution in [1.82, 2.24) is 10.2 Å². The van der Waals surface area contributed by atoms with E-state index in [0.717, 1.165) is 26.1 Å². The van der Waals surface area contributed by atoms with Crippen molar-refractivity contribution in [3.63, 3.8) is 0 Å². The molecule has 12 heavy (non-hydrogen) atoms. The number of rotatable bonds is 1. The highest BCUT2D eigenvalue weighted by molar-refractivity contribution is 4.72. The van der Waals surface area contributed by atoms with Crippen molar-refractivity contribution in [2.75, 3.05) is 33.3 Å². The van der Waals surface area contributed by atoms with Crippen molar-refractivity contribution >= 4 is 0 Å². The van der Waals surface area contributed by atoms with Crippen LogP contribution in [0.4, 0.5) is 0 Å². The van der Waals surface area contributed by atoms with Gasteiger partial charge in [-0.25, -0.2) is 0 Å². The zero-order chi connectivity index (χ0) is 9.40. The Bertz CT molecular complexity index is 98.5. The van der Waals surface area contributed by atoms with E-state index < -0.39 is 0 Å². The molecule has 1 atom stereocenters. The van der Waals surface area contributed by atoms with Crippen molar-refractivity contribution in [1.29, 1.82) is 0 Å². The molecular formula is C9H22N2O. The minimum absolute atomic E-state index is 0.272. The van der Waals surface area contributed by atoms with Gasteiger partial charge in [-0.1, -0.05) is 13.8 Å². The van der Waals surface area contributed by atoms with Crippen LogP contribution in [0.2, 0.25) is 0 Å². The third-order valence-electron chi connectivity index (χ3n) is 2.01. The normalized spacial score (nSPS) is 25.5. The molecule has 0 aromatic carbocycles. The Morgan fingerprint density at radius 3 is 2.67 bits per heavy atom. The topological polar surface area (TPSA) is 35.5 Å². The Hall–Kier alpha value is -0.120. The summed E-state index contributed by atoms with van der Waals surface area (Å²) in [6.45, 7) is 7.46. The van der Waals surface area contributed by atoms with E-state index in [1.807, 2.05) is 13.8 Å². The van der Waals surface area contributed by atoms with E-state index in [2.05, 4.69) is 17.3 Å². The van der Waals surface area contributed by atoms with Crippen molar-refractivity contribution in [2.45, 2.75) is 26.3 Å². The van der Waals surface area contributed by atoms with Crippen LogP contribution in [0.3, 0.4) is 0 Å². The lowest BCUT2D eigenvalue weighted by molar-refractivity contribution is 0.239. The first-order valence-corrected chi connectivity index (χ1v) is 4.85. The van der Waals surface area contributed by atoms with Gasteiger partial charge in [-0.05, 0) is 20.0 Å². The molecule has 1 rings (SSSR count). The molecule has 1 saturated heterocycles. The van der Waals surface area contributed by atoms with E-state index >= 15 is 0 Å². The largest absolute Gasteiger partial charge is 0.395 e. The Kier molecular flexibility index (Phi) is 7.45. The van der Waals surface area contributed by atoms with Gasteiger partial charge >= 0.3 is 0 Å². The van der Waals surface area contributed by atoms with E-state index in [9.17, 15) is 0 Å². The van der Waals surface area contributed by atoms with Gasteiger partial charge in [-0.2, -0.15) is 0 Å². The number of hydrogen-bond donors (Lipinski definition) is 2. The second kappa shape index (κ2) is 7.53. The minimum atomic E-state index is 0.272. The third kappa shape index (κ3) is 4.70. The number of nitrogens with one attached hydrogen (secondary N) is 1. The van der Waals surface area contributed by atoms with Gasteiger partial charge in [0.25, 0.3) is 0 Å². The number of hydrogen-bond acceptors (Lipinski definition) is 3. The Balaban J connectivity index is 0.000000561. The summed E-state index contributed by atoms with van der Waals surface area (Å²) in [6, 6.07) is 0.324. The average Bonchev–Trinajstić information content (AvgIpc) is 2.33. The summed E-state index contributed by atoms with van der Waals surface area (Å²) in [5, 5.41) is 12.1. The van der Waals surface area contributed by atoms with E-state index in [4.69, 9.17) is 5.11 Å². The molecule has 0 bridgehead atoms. The quantitative estimate of drug-likeness (QED) is 0.600. The molecule has 1 fully saturated rings. The molecule has 1 heterocycles. The van der Waals surface area contributed by atoms with Crippen LogP contribution < -0.4 is 5.32 Å². The van der Waals surface area contributed by atoms with E-state index in [1.54, 1.807) is 0 Å². The fourth-order valence-corrected chi connectivity index (χ4v) is 1.21. The van der Waals surface area contributed by atoms with Gasteiger partial charge < -0.3 is 15.3 Å². The molecule has 2 N–H and O–H groups in total. The molecule has 0 aromatic rings. The van der Waals surface area contributed by atoms with Gasteiger partial charge in [0.05, 0.1) is 6.61 Å². The summed E-state index contributed by atoms with van der Waals surface area (Å²) >= 11 is 0. The highest BCUT2D eigenvalue weighted by Gasteiger charge is 2.11. The molecule has 1 unspecified atom stereocenters. The molecule has 1 aliphatic heterocycles.